The molecule has 0 aromatic heterocycles. The highest BCUT2D eigenvalue weighted by molar-refractivity contribution is 5.44. The van der Waals surface area contributed by atoms with Gasteiger partial charge in [-0.05, 0) is 6.07 Å². The highest BCUT2D eigenvalue weighted by Crippen LogP contribution is 2.31. The van der Waals surface area contributed by atoms with Crippen LogP contribution in [-0.2, 0) is 0 Å². The summed E-state index contributed by atoms with van der Waals surface area (Å²) < 4.78 is 29.3. The molecule has 1 aromatic rings. The van der Waals surface area contributed by atoms with Crippen LogP contribution >= 0.6 is 0 Å². The number of non-ortho nitro benzene ring substituents is 1. The van der Waals surface area contributed by atoms with E-state index < -0.39 is 16.9 Å². The quantitative estimate of drug-likeness (QED) is 0.560. The molecule has 0 atom stereocenters. The second-order valence-corrected chi connectivity index (χ2v) is 2.48. The molecule has 0 aliphatic rings. The zero-order valence-electron chi connectivity index (χ0n) is 7.24. The zero-order valence-corrected chi connectivity index (χ0v) is 7.24. The molecule has 0 radical (unpaired) electrons. The molecule has 6 heteroatoms. The van der Waals surface area contributed by atoms with E-state index in [-0.39, 0.29) is 11.4 Å². The van der Waals surface area contributed by atoms with Gasteiger partial charge in [-0.15, -0.1) is 0 Å². The van der Waals surface area contributed by atoms with Crippen molar-refractivity contribution in [1.82, 2.24) is 0 Å². The first-order valence-corrected chi connectivity index (χ1v) is 3.66. The van der Waals surface area contributed by atoms with Gasteiger partial charge in [0, 0.05) is 12.1 Å². The van der Waals surface area contributed by atoms with Gasteiger partial charge in [-0.25, -0.2) is 8.78 Å². The van der Waals surface area contributed by atoms with Crippen molar-refractivity contribution in [2.45, 2.75) is 6.43 Å². The maximum atomic E-state index is 12.4. The summed E-state index contributed by atoms with van der Waals surface area (Å²) in [6, 6.07) is 3.08. The van der Waals surface area contributed by atoms with Crippen molar-refractivity contribution in [2.75, 3.05) is 7.11 Å². The van der Waals surface area contributed by atoms with Crippen LogP contribution in [0.2, 0.25) is 0 Å². The molecule has 0 bridgehead atoms. The molecule has 0 aliphatic carbocycles. The van der Waals surface area contributed by atoms with Crippen LogP contribution in [0.3, 0.4) is 0 Å². The van der Waals surface area contributed by atoms with E-state index in [0.717, 1.165) is 18.2 Å². The van der Waals surface area contributed by atoms with Crippen LogP contribution in [-0.4, -0.2) is 12.0 Å². The second kappa shape index (κ2) is 3.99. The van der Waals surface area contributed by atoms with Crippen molar-refractivity contribution in [3.8, 4) is 5.75 Å². The number of methoxy groups -OCH3 is 1. The predicted molar refractivity (Wildman–Crippen MR) is 44.6 cm³/mol. The largest absolute Gasteiger partial charge is 0.496 e. The molecule has 0 saturated heterocycles. The number of alkyl halides is 2. The highest BCUT2D eigenvalue weighted by Gasteiger charge is 2.18. The standard InChI is InChI=1S/C8H7F2NO3/c1-14-7-3-2-5(11(12)13)4-6(7)8(9)10/h2-4,8H,1H3. The van der Waals surface area contributed by atoms with Gasteiger partial charge < -0.3 is 4.74 Å². The Kier molecular flexibility index (Phi) is 2.95. The fourth-order valence-electron chi connectivity index (χ4n) is 1.01. The minimum Gasteiger partial charge on any atom is -0.496 e. The third-order valence-corrected chi connectivity index (χ3v) is 1.66. The predicted octanol–water partition coefficient (Wildman–Crippen LogP) is 2.54. The molecule has 4 nitrogen and oxygen atoms in total. The molecule has 76 valence electrons. The van der Waals surface area contributed by atoms with Crippen molar-refractivity contribution in [3.63, 3.8) is 0 Å². The number of nitrogens with zero attached hydrogens (tertiary/aromatic N) is 1. The Hall–Kier alpha value is -1.72. The summed E-state index contributed by atoms with van der Waals surface area (Å²) in [5.41, 5.74) is -0.845. The molecule has 0 amide bonds. The van der Waals surface area contributed by atoms with E-state index in [2.05, 4.69) is 4.74 Å². The number of rotatable bonds is 3. The van der Waals surface area contributed by atoms with Crippen LogP contribution in [0.25, 0.3) is 0 Å². The minimum absolute atomic E-state index is 0.0504. The maximum Gasteiger partial charge on any atom is 0.270 e. The van der Waals surface area contributed by atoms with Crippen LogP contribution in [0.1, 0.15) is 12.0 Å². The molecule has 1 rings (SSSR count). The number of hydrogen-bond donors (Lipinski definition) is 0. The van der Waals surface area contributed by atoms with Crippen molar-refractivity contribution >= 4 is 5.69 Å². The number of hydrogen-bond acceptors (Lipinski definition) is 3. The minimum atomic E-state index is -2.79. The Morgan fingerprint density at radius 2 is 2.14 bits per heavy atom. The normalized spacial score (nSPS) is 10.3. The Morgan fingerprint density at radius 1 is 1.50 bits per heavy atom. The van der Waals surface area contributed by atoms with Crippen molar-refractivity contribution in [1.29, 1.82) is 0 Å². The lowest BCUT2D eigenvalue weighted by Crippen LogP contribution is -1.95. The van der Waals surface area contributed by atoms with Gasteiger partial charge in [-0.1, -0.05) is 0 Å². The average molecular weight is 203 g/mol. The summed E-state index contributed by atoms with van der Waals surface area (Å²) >= 11 is 0. The van der Waals surface area contributed by atoms with Gasteiger partial charge in [-0.3, -0.25) is 10.1 Å². The van der Waals surface area contributed by atoms with Gasteiger partial charge >= 0.3 is 0 Å². The van der Waals surface area contributed by atoms with E-state index >= 15 is 0 Å². The van der Waals surface area contributed by atoms with E-state index in [1.165, 1.54) is 7.11 Å². The van der Waals surface area contributed by atoms with E-state index in [4.69, 9.17) is 0 Å². The zero-order chi connectivity index (χ0) is 10.7. The summed E-state index contributed by atoms with van der Waals surface area (Å²) in [5, 5.41) is 10.3. The molecule has 1 aromatic carbocycles. The summed E-state index contributed by atoms with van der Waals surface area (Å²) in [5.74, 6) is -0.0504. The first-order valence-electron chi connectivity index (χ1n) is 3.66. The molecular weight excluding hydrogens is 196 g/mol. The Bertz CT molecular complexity index is 354. The Balaban J connectivity index is 3.20. The van der Waals surface area contributed by atoms with Gasteiger partial charge in [0.15, 0.2) is 0 Å². The number of ether oxygens (including phenoxy) is 1. The topological polar surface area (TPSA) is 52.4 Å². The lowest BCUT2D eigenvalue weighted by molar-refractivity contribution is -0.385. The highest BCUT2D eigenvalue weighted by atomic mass is 19.3. The van der Waals surface area contributed by atoms with Crippen molar-refractivity contribution in [3.05, 3.63) is 33.9 Å². The van der Waals surface area contributed by atoms with Gasteiger partial charge in [-0.2, -0.15) is 0 Å². The van der Waals surface area contributed by atoms with Gasteiger partial charge in [0.25, 0.3) is 12.1 Å². The number of nitro benzene ring substituents is 1. The van der Waals surface area contributed by atoms with Crippen LogP contribution in [0.4, 0.5) is 14.5 Å². The third-order valence-electron chi connectivity index (χ3n) is 1.66. The van der Waals surface area contributed by atoms with E-state index in [1.54, 1.807) is 0 Å². The van der Waals surface area contributed by atoms with Crippen molar-refractivity contribution < 1.29 is 18.4 Å². The lowest BCUT2D eigenvalue weighted by Gasteiger charge is -2.06. The number of benzene rings is 1. The molecule has 14 heavy (non-hydrogen) atoms. The molecular formula is C8H7F2NO3. The summed E-state index contributed by atoms with van der Waals surface area (Å²) in [6.45, 7) is 0. The van der Waals surface area contributed by atoms with E-state index in [1.807, 2.05) is 0 Å². The van der Waals surface area contributed by atoms with Crippen LogP contribution in [0, 0.1) is 10.1 Å². The van der Waals surface area contributed by atoms with E-state index in [0.29, 0.717) is 0 Å². The Morgan fingerprint density at radius 3 is 2.57 bits per heavy atom. The SMILES string of the molecule is COc1ccc([N+](=O)[O-])cc1C(F)F. The molecule has 0 fully saturated rings. The number of halogens is 2. The van der Waals surface area contributed by atoms with Gasteiger partial charge in [0.2, 0.25) is 0 Å². The molecule has 0 N–H and O–H groups in total. The smallest absolute Gasteiger partial charge is 0.270 e. The average Bonchev–Trinajstić information content (AvgIpc) is 2.16. The monoisotopic (exact) mass is 203 g/mol. The molecule has 0 heterocycles. The first kappa shape index (κ1) is 10.4. The fraction of sp³-hybridized carbons (Fsp3) is 0.250. The molecule has 0 spiro atoms. The van der Waals surface area contributed by atoms with Gasteiger partial charge in [0.1, 0.15) is 5.75 Å². The van der Waals surface area contributed by atoms with Crippen molar-refractivity contribution in [2.24, 2.45) is 0 Å². The Labute approximate surface area is 78.3 Å². The fourth-order valence-corrected chi connectivity index (χ4v) is 1.01. The van der Waals surface area contributed by atoms with Crippen LogP contribution in [0.5, 0.6) is 5.75 Å². The summed E-state index contributed by atoms with van der Waals surface area (Å²) in [4.78, 5) is 9.56. The summed E-state index contributed by atoms with van der Waals surface area (Å²) in [7, 11) is 1.23. The molecule has 0 unspecified atom stereocenters. The second-order valence-electron chi connectivity index (χ2n) is 2.48. The first-order chi connectivity index (χ1) is 6.56. The lowest BCUT2D eigenvalue weighted by atomic mass is 10.2. The molecule has 0 saturated carbocycles. The van der Waals surface area contributed by atoms with E-state index in [9.17, 15) is 18.9 Å². The maximum absolute atomic E-state index is 12.4. The third kappa shape index (κ3) is 1.95. The van der Waals surface area contributed by atoms with Gasteiger partial charge in [0.05, 0.1) is 17.6 Å². The molecule has 0 aliphatic heterocycles. The summed E-state index contributed by atoms with van der Waals surface area (Å²) in [6.07, 6.45) is -2.79. The van der Waals surface area contributed by atoms with Crippen LogP contribution in [0.15, 0.2) is 18.2 Å². The van der Waals surface area contributed by atoms with Crippen LogP contribution < -0.4 is 4.74 Å². The number of nitro groups is 1.